The van der Waals surface area contributed by atoms with Gasteiger partial charge in [-0.3, -0.25) is 9.89 Å². The third-order valence-electron chi connectivity index (χ3n) is 6.07. The molecule has 5 rings (SSSR count). The molecule has 2 N–H and O–H groups in total. The molecular weight excluding hydrogens is 318 g/mol. The molecule has 2 aliphatic heterocycles. The Bertz CT molecular complexity index is 846. The number of aliphatic hydroxyl groups excluding tert-OH is 1. The first-order chi connectivity index (χ1) is 12.2. The average Bonchev–Trinajstić information content (AvgIpc) is 3.35. The molecule has 0 saturated carbocycles. The standard InChI is InChI=1S/C19H21N3O3/c23-10-19-9-22(18(24)17-13-5-3-6-15(13)20-21-17)8-14(19)12-4-1-2-7-16(12)25-11-19/h1-2,4,7,14,23H,3,5-6,8-11H2,(H,20,21)/t14-,19-/m0/s1. The van der Waals surface area contributed by atoms with Crippen LogP contribution in [0.3, 0.4) is 0 Å². The number of nitrogens with zero attached hydrogens (tertiary/aromatic N) is 2. The number of amides is 1. The number of carbonyl (C=O) groups is 1. The molecule has 2 aromatic rings. The Morgan fingerprint density at radius 3 is 3.16 bits per heavy atom. The highest BCUT2D eigenvalue weighted by Crippen LogP contribution is 2.49. The third-order valence-corrected chi connectivity index (χ3v) is 6.07. The molecule has 1 fully saturated rings. The molecule has 0 unspecified atom stereocenters. The lowest BCUT2D eigenvalue weighted by Gasteiger charge is -2.37. The van der Waals surface area contributed by atoms with Gasteiger partial charge in [-0.2, -0.15) is 5.10 Å². The highest BCUT2D eigenvalue weighted by atomic mass is 16.5. The first-order valence-corrected chi connectivity index (χ1v) is 8.90. The highest BCUT2D eigenvalue weighted by molar-refractivity contribution is 5.94. The van der Waals surface area contributed by atoms with Crippen molar-refractivity contribution in [2.45, 2.75) is 25.2 Å². The van der Waals surface area contributed by atoms with Crippen LogP contribution < -0.4 is 4.74 Å². The second kappa shape index (κ2) is 5.33. The van der Waals surface area contributed by atoms with Crippen LogP contribution in [0.2, 0.25) is 0 Å². The summed E-state index contributed by atoms with van der Waals surface area (Å²) in [6.07, 6.45) is 2.97. The Kier molecular flexibility index (Phi) is 3.19. The number of benzene rings is 1. The summed E-state index contributed by atoms with van der Waals surface area (Å²) < 4.78 is 5.90. The fourth-order valence-electron chi connectivity index (χ4n) is 4.67. The maximum Gasteiger partial charge on any atom is 0.274 e. The minimum Gasteiger partial charge on any atom is -0.493 e. The number of para-hydroxylation sites is 1. The molecule has 1 aliphatic carbocycles. The number of ether oxygens (including phenoxy) is 1. The second-order valence-corrected chi connectivity index (χ2v) is 7.47. The molecule has 1 aromatic carbocycles. The molecule has 0 bridgehead atoms. The van der Waals surface area contributed by atoms with Gasteiger partial charge in [0.15, 0.2) is 5.69 Å². The molecule has 6 nitrogen and oxygen atoms in total. The van der Waals surface area contributed by atoms with E-state index in [1.807, 2.05) is 29.2 Å². The van der Waals surface area contributed by atoms with E-state index in [1.54, 1.807) is 0 Å². The van der Waals surface area contributed by atoms with Gasteiger partial charge in [0.05, 0.1) is 18.6 Å². The molecule has 1 saturated heterocycles. The van der Waals surface area contributed by atoms with Crippen molar-refractivity contribution in [3.63, 3.8) is 0 Å². The number of hydrogen-bond acceptors (Lipinski definition) is 4. The quantitative estimate of drug-likeness (QED) is 0.869. The molecular formula is C19H21N3O3. The van der Waals surface area contributed by atoms with Crippen LogP contribution in [0.5, 0.6) is 5.75 Å². The van der Waals surface area contributed by atoms with Gasteiger partial charge in [-0.25, -0.2) is 0 Å². The van der Waals surface area contributed by atoms with Gasteiger partial charge < -0.3 is 14.7 Å². The summed E-state index contributed by atoms with van der Waals surface area (Å²) in [5.41, 5.74) is 3.41. The number of aryl methyl sites for hydroxylation is 1. The van der Waals surface area contributed by atoms with E-state index in [0.717, 1.165) is 41.8 Å². The maximum atomic E-state index is 13.1. The monoisotopic (exact) mass is 339 g/mol. The Labute approximate surface area is 145 Å². The van der Waals surface area contributed by atoms with E-state index in [9.17, 15) is 9.90 Å². The zero-order chi connectivity index (χ0) is 17.0. The molecule has 6 heteroatoms. The Morgan fingerprint density at radius 1 is 1.40 bits per heavy atom. The summed E-state index contributed by atoms with van der Waals surface area (Å²) in [6.45, 7) is 1.55. The summed E-state index contributed by atoms with van der Waals surface area (Å²) in [5, 5.41) is 17.4. The molecule has 0 spiro atoms. The smallest absolute Gasteiger partial charge is 0.274 e. The normalized spacial score (nSPS) is 26.8. The molecule has 3 aliphatic rings. The van der Waals surface area contributed by atoms with Crippen LogP contribution in [0.25, 0.3) is 0 Å². The van der Waals surface area contributed by atoms with Gasteiger partial charge in [0.2, 0.25) is 0 Å². The van der Waals surface area contributed by atoms with E-state index >= 15 is 0 Å². The van der Waals surface area contributed by atoms with Crippen molar-refractivity contribution in [3.05, 3.63) is 46.8 Å². The Balaban J connectivity index is 1.49. The van der Waals surface area contributed by atoms with Gasteiger partial charge in [0.1, 0.15) is 5.75 Å². The summed E-state index contributed by atoms with van der Waals surface area (Å²) in [6, 6.07) is 7.95. The van der Waals surface area contributed by atoms with Gasteiger partial charge in [-0.05, 0) is 30.9 Å². The van der Waals surface area contributed by atoms with E-state index < -0.39 is 5.41 Å². The number of likely N-dealkylation sites (tertiary alicyclic amines) is 1. The lowest BCUT2D eigenvalue weighted by atomic mass is 9.74. The number of rotatable bonds is 2. The molecule has 3 heterocycles. The molecule has 1 amide bonds. The largest absolute Gasteiger partial charge is 0.493 e. The number of aliphatic hydroxyl groups is 1. The van der Waals surface area contributed by atoms with Crippen LogP contribution in [0.15, 0.2) is 24.3 Å². The zero-order valence-electron chi connectivity index (χ0n) is 14.0. The Morgan fingerprint density at radius 2 is 2.28 bits per heavy atom. The van der Waals surface area contributed by atoms with Crippen LogP contribution in [0, 0.1) is 5.41 Å². The number of aromatic amines is 1. The van der Waals surface area contributed by atoms with Crippen molar-refractivity contribution >= 4 is 5.91 Å². The number of fused-ring (bicyclic) bond motifs is 4. The molecule has 1 aromatic heterocycles. The number of nitrogens with one attached hydrogen (secondary N) is 1. The minimum absolute atomic E-state index is 0.00839. The van der Waals surface area contributed by atoms with E-state index in [1.165, 1.54) is 0 Å². The predicted molar refractivity (Wildman–Crippen MR) is 90.7 cm³/mol. The summed E-state index contributed by atoms with van der Waals surface area (Å²) >= 11 is 0. The van der Waals surface area contributed by atoms with Crippen molar-refractivity contribution in [1.29, 1.82) is 0 Å². The highest BCUT2D eigenvalue weighted by Gasteiger charge is 2.52. The maximum absolute atomic E-state index is 13.1. The summed E-state index contributed by atoms with van der Waals surface area (Å²) in [5.74, 6) is 0.934. The molecule has 130 valence electrons. The van der Waals surface area contributed by atoms with Crippen LogP contribution in [0.1, 0.15) is 39.6 Å². The van der Waals surface area contributed by atoms with Crippen molar-refractivity contribution in [3.8, 4) is 5.75 Å². The van der Waals surface area contributed by atoms with Crippen molar-refractivity contribution in [2.75, 3.05) is 26.3 Å². The third kappa shape index (κ3) is 2.07. The van der Waals surface area contributed by atoms with Crippen molar-refractivity contribution in [1.82, 2.24) is 15.1 Å². The second-order valence-electron chi connectivity index (χ2n) is 7.47. The Hall–Kier alpha value is -2.34. The van der Waals surface area contributed by atoms with E-state index in [0.29, 0.717) is 25.4 Å². The molecule has 2 atom stereocenters. The number of aromatic nitrogens is 2. The van der Waals surface area contributed by atoms with Gasteiger partial charge >= 0.3 is 0 Å². The zero-order valence-corrected chi connectivity index (χ0v) is 14.0. The molecule has 25 heavy (non-hydrogen) atoms. The minimum atomic E-state index is -0.427. The summed E-state index contributed by atoms with van der Waals surface area (Å²) in [4.78, 5) is 15.0. The fraction of sp³-hybridized carbons (Fsp3) is 0.474. The lowest BCUT2D eigenvalue weighted by Crippen LogP contribution is -2.42. The van der Waals surface area contributed by atoms with Crippen molar-refractivity contribution in [2.24, 2.45) is 5.41 Å². The first-order valence-electron chi connectivity index (χ1n) is 8.90. The van der Waals surface area contributed by atoms with Gasteiger partial charge in [-0.1, -0.05) is 18.2 Å². The van der Waals surface area contributed by atoms with E-state index in [4.69, 9.17) is 4.74 Å². The van der Waals surface area contributed by atoms with E-state index in [2.05, 4.69) is 10.2 Å². The first kappa shape index (κ1) is 15.0. The van der Waals surface area contributed by atoms with Gasteiger partial charge in [0.25, 0.3) is 5.91 Å². The van der Waals surface area contributed by atoms with Gasteiger partial charge in [-0.15, -0.1) is 0 Å². The van der Waals surface area contributed by atoms with Crippen LogP contribution in [-0.2, 0) is 12.8 Å². The topological polar surface area (TPSA) is 78.5 Å². The summed E-state index contributed by atoms with van der Waals surface area (Å²) in [7, 11) is 0. The number of hydrogen-bond donors (Lipinski definition) is 2. The number of H-pyrrole nitrogens is 1. The van der Waals surface area contributed by atoms with Crippen molar-refractivity contribution < 1.29 is 14.6 Å². The van der Waals surface area contributed by atoms with Crippen LogP contribution in [0.4, 0.5) is 0 Å². The fourth-order valence-corrected chi connectivity index (χ4v) is 4.67. The number of carbonyl (C=O) groups excluding carboxylic acids is 1. The SMILES string of the molecule is O=C(c1n[nH]c2c1CCC2)N1C[C@H]2c3ccccc3OC[C@@]2(CO)C1. The van der Waals surface area contributed by atoms with Crippen LogP contribution >= 0.6 is 0 Å². The molecule has 0 radical (unpaired) electrons. The van der Waals surface area contributed by atoms with Crippen LogP contribution in [-0.4, -0.2) is 52.4 Å². The predicted octanol–water partition coefficient (Wildman–Crippen LogP) is 1.51. The lowest BCUT2D eigenvalue weighted by molar-refractivity contribution is 0.0439. The van der Waals surface area contributed by atoms with E-state index in [-0.39, 0.29) is 18.4 Å². The van der Waals surface area contributed by atoms with Gasteiger partial charge in [0, 0.05) is 30.3 Å². The average molecular weight is 339 g/mol.